The molecule has 0 heterocycles. The molecule has 0 aliphatic heterocycles. The van der Waals surface area contributed by atoms with Crippen molar-refractivity contribution >= 4 is 21.8 Å². The number of primary amides is 1. The summed E-state index contributed by atoms with van der Waals surface area (Å²) in [7, 11) is 0. The van der Waals surface area contributed by atoms with Gasteiger partial charge in [0, 0.05) is 10.5 Å². The van der Waals surface area contributed by atoms with E-state index in [-0.39, 0.29) is 5.91 Å². The summed E-state index contributed by atoms with van der Waals surface area (Å²) < 4.78 is 0.954. The van der Waals surface area contributed by atoms with Crippen LogP contribution < -0.4 is 11.1 Å². The van der Waals surface area contributed by atoms with E-state index >= 15 is 0 Å². The van der Waals surface area contributed by atoms with Crippen molar-refractivity contribution < 1.29 is 4.79 Å². The average Bonchev–Trinajstić information content (AvgIpc) is 3.01. The van der Waals surface area contributed by atoms with Gasteiger partial charge in [-0.2, -0.15) is 0 Å². The zero-order valence-corrected chi connectivity index (χ0v) is 10.8. The van der Waals surface area contributed by atoms with E-state index < -0.39 is 5.54 Å². The van der Waals surface area contributed by atoms with E-state index in [4.69, 9.17) is 5.73 Å². The first-order chi connectivity index (χ1) is 7.52. The van der Waals surface area contributed by atoms with Crippen LogP contribution in [0.3, 0.4) is 0 Å². The fourth-order valence-corrected chi connectivity index (χ4v) is 2.13. The van der Waals surface area contributed by atoms with Crippen LogP contribution >= 0.6 is 15.9 Å². The minimum Gasteiger partial charge on any atom is -0.368 e. The van der Waals surface area contributed by atoms with Gasteiger partial charge in [0.2, 0.25) is 5.91 Å². The highest BCUT2D eigenvalue weighted by molar-refractivity contribution is 9.10. The molecular formula is C12H15BrN2O. The predicted octanol–water partition coefficient (Wildman–Crippen LogP) is 1.90. The normalized spacial score (nSPS) is 19.1. The van der Waals surface area contributed by atoms with Crippen LogP contribution in [0.25, 0.3) is 0 Å². The highest BCUT2D eigenvalue weighted by Crippen LogP contribution is 2.29. The second kappa shape index (κ2) is 4.18. The Hall–Kier alpha value is -0.870. The fraction of sp³-hybridized carbons (Fsp3) is 0.417. The van der Waals surface area contributed by atoms with Crippen molar-refractivity contribution in [1.29, 1.82) is 0 Å². The molecule has 3 nitrogen and oxygen atoms in total. The molecule has 1 fully saturated rings. The van der Waals surface area contributed by atoms with E-state index in [9.17, 15) is 4.79 Å². The fourth-order valence-electron chi connectivity index (χ4n) is 1.73. The minimum absolute atomic E-state index is 0.336. The lowest BCUT2D eigenvalue weighted by Gasteiger charge is -2.28. The van der Waals surface area contributed by atoms with Gasteiger partial charge in [-0.3, -0.25) is 10.1 Å². The lowest BCUT2D eigenvalue weighted by molar-refractivity contribution is -0.124. The third-order valence-electron chi connectivity index (χ3n) is 2.96. The first kappa shape index (κ1) is 11.6. The molecule has 1 atom stereocenters. The van der Waals surface area contributed by atoms with Crippen LogP contribution in [0.5, 0.6) is 0 Å². The molecule has 1 aromatic carbocycles. The van der Waals surface area contributed by atoms with Crippen LogP contribution in [0.15, 0.2) is 28.7 Å². The lowest BCUT2D eigenvalue weighted by Crippen LogP contribution is -2.51. The summed E-state index contributed by atoms with van der Waals surface area (Å²) >= 11 is 3.41. The molecule has 1 unspecified atom stereocenters. The molecule has 0 saturated heterocycles. The molecule has 2 rings (SSSR count). The van der Waals surface area contributed by atoms with Crippen LogP contribution in [-0.4, -0.2) is 11.9 Å². The van der Waals surface area contributed by atoms with Gasteiger partial charge < -0.3 is 5.73 Å². The van der Waals surface area contributed by atoms with E-state index in [0.717, 1.165) is 22.9 Å². The Labute approximate surface area is 104 Å². The molecular weight excluding hydrogens is 268 g/mol. The highest BCUT2D eigenvalue weighted by atomic mass is 79.9. The standard InChI is InChI=1S/C12H15BrN2O/c1-12(11(14)16,15-10-5-6-10)8-3-2-4-9(13)7-8/h2-4,7,10,15H,5-6H2,1H3,(H2,14,16). The average molecular weight is 283 g/mol. The van der Waals surface area contributed by atoms with Gasteiger partial charge in [0.1, 0.15) is 5.54 Å². The molecule has 1 saturated carbocycles. The summed E-state index contributed by atoms with van der Waals surface area (Å²) in [5.74, 6) is -0.336. The first-order valence-corrected chi connectivity index (χ1v) is 6.15. The van der Waals surface area contributed by atoms with Crippen molar-refractivity contribution in [1.82, 2.24) is 5.32 Å². The Morgan fingerprint density at radius 3 is 2.75 bits per heavy atom. The molecule has 0 radical (unpaired) electrons. The van der Waals surface area contributed by atoms with Crippen LogP contribution in [0.1, 0.15) is 25.3 Å². The maximum absolute atomic E-state index is 11.6. The van der Waals surface area contributed by atoms with Gasteiger partial charge in [0.15, 0.2) is 0 Å². The zero-order chi connectivity index (χ0) is 11.8. The molecule has 1 aliphatic carbocycles. The van der Waals surface area contributed by atoms with Crippen molar-refractivity contribution in [2.24, 2.45) is 5.73 Å². The topological polar surface area (TPSA) is 55.1 Å². The molecule has 1 aromatic rings. The van der Waals surface area contributed by atoms with Crippen LogP contribution in [-0.2, 0) is 10.3 Å². The van der Waals surface area contributed by atoms with E-state index in [1.165, 1.54) is 0 Å². The first-order valence-electron chi connectivity index (χ1n) is 5.36. The van der Waals surface area contributed by atoms with Crippen molar-refractivity contribution in [2.45, 2.75) is 31.3 Å². The van der Waals surface area contributed by atoms with Crippen molar-refractivity contribution in [3.63, 3.8) is 0 Å². The summed E-state index contributed by atoms with van der Waals surface area (Å²) in [4.78, 5) is 11.6. The van der Waals surface area contributed by atoms with Crippen LogP contribution in [0, 0.1) is 0 Å². The summed E-state index contributed by atoms with van der Waals surface area (Å²) in [5, 5.41) is 3.31. The van der Waals surface area contributed by atoms with Crippen LogP contribution in [0.4, 0.5) is 0 Å². The molecule has 4 heteroatoms. The molecule has 3 N–H and O–H groups in total. The maximum atomic E-state index is 11.6. The number of amides is 1. The Kier molecular flexibility index (Phi) is 3.04. The summed E-state index contributed by atoms with van der Waals surface area (Å²) in [6.45, 7) is 1.84. The van der Waals surface area contributed by atoms with Gasteiger partial charge >= 0.3 is 0 Å². The van der Waals surface area contributed by atoms with Crippen molar-refractivity contribution in [2.75, 3.05) is 0 Å². The third-order valence-corrected chi connectivity index (χ3v) is 3.46. The van der Waals surface area contributed by atoms with E-state index in [2.05, 4.69) is 21.2 Å². The Morgan fingerprint density at radius 1 is 1.56 bits per heavy atom. The molecule has 0 spiro atoms. The SMILES string of the molecule is CC(NC1CC1)(C(N)=O)c1cccc(Br)c1. The summed E-state index contributed by atoms with van der Waals surface area (Å²) in [6.07, 6.45) is 2.24. The third kappa shape index (κ3) is 2.28. The van der Waals surface area contributed by atoms with Crippen LogP contribution in [0.2, 0.25) is 0 Å². The van der Waals surface area contributed by atoms with E-state index in [1.807, 2.05) is 31.2 Å². The molecule has 16 heavy (non-hydrogen) atoms. The predicted molar refractivity (Wildman–Crippen MR) is 66.8 cm³/mol. The number of hydrogen-bond donors (Lipinski definition) is 2. The summed E-state index contributed by atoms with van der Waals surface area (Å²) in [6, 6.07) is 8.12. The largest absolute Gasteiger partial charge is 0.368 e. The number of hydrogen-bond acceptors (Lipinski definition) is 2. The quantitative estimate of drug-likeness (QED) is 0.886. The molecule has 86 valence electrons. The van der Waals surface area contributed by atoms with Gasteiger partial charge in [-0.25, -0.2) is 0 Å². The van der Waals surface area contributed by atoms with Gasteiger partial charge in [0.25, 0.3) is 0 Å². The second-order valence-electron chi connectivity index (χ2n) is 4.42. The molecule has 1 aliphatic rings. The number of carbonyl (C=O) groups excluding carboxylic acids is 1. The number of halogens is 1. The smallest absolute Gasteiger partial charge is 0.242 e. The van der Waals surface area contributed by atoms with E-state index in [1.54, 1.807) is 0 Å². The Bertz CT molecular complexity index is 417. The van der Waals surface area contributed by atoms with Crippen molar-refractivity contribution in [3.8, 4) is 0 Å². The van der Waals surface area contributed by atoms with Crippen molar-refractivity contribution in [3.05, 3.63) is 34.3 Å². The zero-order valence-electron chi connectivity index (χ0n) is 9.16. The van der Waals surface area contributed by atoms with E-state index in [0.29, 0.717) is 6.04 Å². The molecule has 0 bridgehead atoms. The number of benzene rings is 1. The maximum Gasteiger partial charge on any atom is 0.242 e. The van der Waals surface area contributed by atoms with Gasteiger partial charge in [-0.05, 0) is 37.5 Å². The van der Waals surface area contributed by atoms with Gasteiger partial charge in [0.05, 0.1) is 0 Å². The Balaban J connectivity index is 2.33. The molecule has 0 aromatic heterocycles. The summed E-state index contributed by atoms with van der Waals surface area (Å²) in [5.41, 5.74) is 5.64. The number of nitrogens with two attached hydrogens (primary N) is 1. The Morgan fingerprint density at radius 2 is 2.25 bits per heavy atom. The van der Waals surface area contributed by atoms with Gasteiger partial charge in [-0.1, -0.05) is 28.1 Å². The lowest BCUT2D eigenvalue weighted by atomic mass is 9.91. The van der Waals surface area contributed by atoms with Gasteiger partial charge in [-0.15, -0.1) is 0 Å². The number of nitrogens with one attached hydrogen (secondary N) is 1. The monoisotopic (exact) mass is 282 g/mol. The highest BCUT2D eigenvalue weighted by Gasteiger charge is 2.38. The minimum atomic E-state index is -0.773. The molecule has 1 amide bonds. The number of carbonyl (C=O) groups is 1. The number of rotatable bonds is 4. The second-order valence-corrected chi connectivity index (χ2v) is 5.33.